The van der Waals surface area contributed by atoms with Gasteiger partial charge >= 0.3 is 7.79 Å². The minimum Gasteiger partial charge on any atom is -0.383 e. The van der Waals surface area contributed by atoms with E-state index in [1.807, 2.05) is 31.8 Å². The molecule has 1 aliphatic heterocycles. The van der Waals surface area contributed by atoms with Crippen LogP contribution in [0.3, 0.4) is 0 Å². The Morgan fingerprint density at radius 3 is 2.40 bits per heavy atom. The molecule has 0 aliphatic carbocycles. The van der Waals surface area contributed by atoms with Crippen LogP contribution in [0.4, 0.5) is 0 Å². The van der Waals surface area contributed by atoms with Crippen LogP contribution in [0, 0.1) is 0 Å². The Hall–Kier alpha value is -0.353. The van der Waals surface area contributed by atoms with E-state index in [2.05, 4.69) is 23.6 Å². The summed E-state index contributed by atoms with van der Waals surface area (Å²) in [6.07, 6.45) is 0.116. The summed E-state index contributed by atoms with van der Waals surface area (Å²) in [5, 5.41) is 0. The van der Waals surface area contributed by atoms with E-state index < -0.39 is 7.79 Å². The molecule has 0 bridgehead atoms. The maximum absolute atomic E-state index is 6.40. The second-order valence-corrected chi connectivity index (χ2v) is 8.95. The van der Waals surface area contributed by atoms with E-state index in [9.17, 15) is 0 Å². The van der Waals surface area contributed by atoms with Gasteiger partial charge in [0.25, 0.3) is 0 Å². The summed E-state index contributed by atoms with van der Waals surface area (Å²) in [6.45, 7) is 4.19. The van der Waals surface area contributed by atoms with Crippen molar-refractivity contribution in [3.05, 3.63) is 35.9 Å². The maximum atomic E-state index is 6.40. The van der Waals surface area contributed by atoms with Crippen molar-refractivity contribution in [3.63, 3.8) is 0 Å². The zero-order valence-electron chi connectivity index (χ0n) is 9.27. The number of halogens is 1. The maximum Gasteiger partial charge on any atom is 0.370 e. The minimum atomic E-state index is -2.15. The topological polar surface area (TPSA) is 12.5 Å². The second kappa shape index (κ2) is 3.90. The molecule has 0 saturated carbocycles. The van der Waals surface area contributed by atoms with Gasteiger partial charge in [0.1, 0.15) is 0 Å². The van der Waals surface area contributed by atoms with Crippen LogP contribution in [0.25, 0.3) is 0 Å². The van der Waals surface area contributed by atoms with Crippen LogP contribution in [0.2, 0.25) is 6.55 Å². The van der Waals surface area contributed by atoms with Crippen molar-refractivity contribution in [2.75, 3.05) is 7.05 Å². The first-order valence-electron chi connectivity index (χ1n) is 5.17. The van der Waals surface area contributed by atoms with E-state index in [-0.39, 0.29) is 6.10 Å². The average molecular weight is 242 g/mol. The highest BCUT2D eigenvalue weighted by atomic mass is 35.6. The lowest BCUT2D eigenvalue weighted by Gasteiger charge is -2.22. The third kappa shape index (κ3) is 1.97. The third-order valence-corrected chi connectivity index (χ3v) is 6.57. The molecule has 0 amide bonds. The van der Waals surface area contributed by atoms with Gasteiger partial charge in [-0.05, 0) is 26.1 Å². The van der Waals surface area contributed by atoms with Crippen molar-refractivity contribution in [1.29, 1.82) is 0 Å². The first-order valence-corrected chi connectivity index (χ1v) is 8.54. The first kappa shape index (κ1) is 11.1. The van der Waals surface area contributed by atoms with Gasteiger partial charge in [-0.25, -0.2) is 0 Å². The molecular formula is C11H16ClNOSi. The van der Waals surface area contributed by atoms with Crippen LogP contribution >= 0.6 is 11.1 Å². The lowest BCUT2D eigenvalue weighted by Crippen LogP contribution is -2.42. The molecule has 0 unspecified atom stereocenters. The number of nitrogens with zero attached hydrogens (tertiary/aromatic N) is 1. The average Bonchev–Trinajstić information content (AvgIpc) is 2.44. The van der Waals surface area contributed by atoms with Gasteiger partial charge in [0, 0.05) is 6.04 Å². The fourth-order valence-corrected chi connectivity index (χ4v) is 4.54. The summed E-state index contributed by atoms with van der Waals surface area (Å²) in [4.78, 5) is 0. The van der Waals surface area contributed by atoms with Gasteiger partial charge in [0.2, 0.25) is 0 Å². The first-order chi connectivity index (χ1) is 7.02. The highest BCUT2D eigenvalue weighted by molar-refractivity contribution is 7.14. The van der Waals surface area contributed by atoms with Crippen LogP contribution < -0.4 is 0 Å². The van der Waals surface area contributed by atoms with Gasteiger partial charge in [-0.15, -0.1) is 11.1 Å². The van der Waals surface area contributed by atoms with Crippen LogP contribution in [-0.4, -0.2) is 25.4 Å². The Labute approximate surface area is 96.7 Å². The summed E-state index contributed by atoms with van der Waals surface area (Å²) in [5.41, 5.74) is 1.22. The monoisotopic (exact) mass is 241 g/mol. The largest absolute Gasteiger partial charge is 0.383 e. The lowest BCUT2D eigenvalue weighted by atomic mass is 10.0. The molecule has 1 aliphatic rings. The Balaban J connectivity index is 2.27. The van der Waals surface area contributed by atoms with Crippen molar-refractivity contribution in [3.8, 4) is 0 Å². The molecule has 15 heavy (non-hydrogen) atoms. The van der Waals surface area contributed by atoms with Gasteiger partial charge < -0.3 is 4.43 Å². The van der Waals surface area contributed by atoms with Crippen molar-refractivity contribution < 1.29 is 4.43 Å². The molecule has 1 aromatic carbocycles. The zero-order valence-corrected chi connectivity index (χ0v) is 11.0. The normalized spacial score (nSPS) is 37.1. The molecule has 0 spiro atoms. The predicted molar refractivity (Wildman–Crippen MR) is 65.0 cm³/mol. The van der Waals surface area contributed by atoms with E-state index in [1.54, 1.807) is 0 Å². The molecule has 1 aromatic rings. The lowest BCUT2D eigenvalue weighted by molar-refractivity contribution is 0.208. The number of rotatable bonds is 1. The van der Waals surface area contributed by atoms with Crippen LogP contribution in [-0.2, 0) is 4.43 Å². The fraction of sp³-hybridized carbons (Fsp3) is 0.455. The quantitative estimate of drug-likeness (QED) is 0.554. The van der Waals surface area contributed by atoms with Crippen LogP contribution in [0.5, 0.6) is 0 Å². The molecule has 1 fully saturated rings. The van der Waals surface area contributed by atoms with Crippen molar-refractivity contribution in [2.45, 2.75) is 25.6 Å². The third-order valence-electron chi connectivity index (χ3n) is 3.15. The number of hydrogen-bond acceptors (Lipinski definition) is 2. The SMILES string of the molecule is C[C@@H]1[C@@H](c2ccccc2)O[Si@](C)(Cl)N1C. The van der Waals surface area contributed by atoms with Crippen molar-refractivity contribution in [2.24, 2.45) is 0 Å². The van der Waals surface area contributed by atoms with Crippen LogP contribution in [0.15, 0.2) is 30.3 Å². The molecule has 2 nitrogen and oxygen atoms in total. The highest BCUT2D eigenvalue weighted by Gasteiger charge is 2.48. The molecule has 2 rings (SSSR count). The molecule has 82 valence electrons. The van der Waals surface area contributed by atoms with Gasteiger partial charge in [-0.1, -0.05) is 30.3 Å². The standard InChI is InChI=1S/C11H16ClNOSi/c1-9-11(10-7-5-4-6-8-10)14-15(3,12)13(9)2/h4-9,11H,1-3H3/t9-,11+,15-/m1/s1. The molecule has 0 N–H and O–H groups in total. The Bertz CT molecular complexity index is 344. The highest BCUT2D eigenvalue weighted by Crippen LogP contribution is 2.38. The number of likely N-dealkylation sites (N-methyl/N-ethyl adjacent to an activating group) is 1. The van der Waals surface area contributed by atoms with Crippen molar-refractivity contribution in [1.82, 2.24) is 4.57 Å². The second-order valence-electron chi connectivity index (χ2n) is 4.17. The molecular weight excluding hydrogens is 226 g/mol. The van der Waals surface area contributed by atoms with Gasteiger partial charge in [-0.3, -0.25) is 4.57 Å². The molecule has 1 heterocycles. The van der Waals surface area contributed by atoms with Gasteiger partial charge in [0.05, 0.1) is 6.10 Å². The van der Waals surface area contributed by atoms with Crippen LogP contribution in [0.1, 0.15) is 18.6 Å². The van der Waals surface area contributed by atoms with Gasteiger partial charge in [0.15, 0.2) is 0 Å². The molecule has 4 heteroatoms. The minimum absolute atomic E-state index is 0.116. The molecule has 0 radical (unpaired) electrons. The Kier molecular flexibility index (Phi) is 2.90. The van der Waals surface area contributed by atoms with E-state index >= 15 is 0 Å². The summed E-state index contributed by atoms with van der Waals surface area (Å²) >= 11 is 6.40. The summed E-state index contributed by atoms with van der Waals surface area (Å²) < 4.78 is 8.18. The molecule has 0 aromatic heterocycles. The molecule has 3 atom stereocenters. The molecule has 1 saturated heterocycles. The Morgan fingerprint density at radius 1 is 1.33 bits per heavy atom. The smallest absolute Gasteiger partial charge is 0.370 e. The summed E-state index contributed by atoms with van der Waals surface area (Å²) in [5.74, 6) is 0. The van der Waals surface area contributed by atoms with Crippen molar-refractivity contribution >= 4 is 18.9 Å². The van der Waals surface area contributed by atoms with E-state index in [4.69, 9.17) is 15.5 Å². The number of benzene rings is 1. The fourth-order valence-electron chi connectivity index (χ4n) is 1.97. The predicted octanol–water partition coefficient (Wildman–Crippen LogP) is 2.89. The van der Waals surface area contributed by atoms with E-state index in [1.165, 1.54) is 5.56 Å². The summed E-state index contributed by atoms with van der Waals surface area (Å²) in [6, 6.07) is 10.6. The number of hydrogen-bond donors (Lipinski definition) is 0. The Morgan fingerprint density at radius 2 is 1.93 bits per heavy atom. The van der Waals surface area contributed by atoms with E-state index in [0.29, 0.717) is 6.04 Å². The van der Waals surface area contributed by atoms with Gasteiger partial charge in [-0.2, -0.15) is 0 Å². The summed E-state index contributed by atoms with van der Waals surface area (Å²) in [7, 11) is -0.0985. The zero-order chi connectivity index (χ0) is 11.1. The van der Waals surface area contributed by atoms with E-state index in [0.717, 1.165) is 0 Å².